The first-order valence-corrected chi connectivity index (χ1v) is 6.74. The van der Waals surface area contributed by atoms with Gasteiger partial charge in [0.1, 0.15) is 5.72 Å². The van der Waals surface area contributed by atoms with E-state index in [4.69, 9.17) is 0 Å². The Bertz CT molecular complexity index is 241. The molecule has 1 heterocycles. The van der Waals surface area contributed by atoms with Gasteiger partial charge in [-0.25, -0.2) is 0 Å². The van der Waals surface area contributed by atoms with Crippen LogP contribution in [0.1, 0.15) is 33.6 Å². The van der Waals surface area contributed by atoms with Crippen molar-refractivity contribution in [1.82, 2.24) is 4.90 Å². The maximum atomic E-state index is 11.7. The lowest BCUT2D eigenvalue weighted by Gasteiger charge is -2.33. The Morgan fingerprint density at radius 1 is 1.67 bits per heavy atom. The zero-order valence-electron chi connectivity index (χ0n) is 9.99. The van der Waals surface area contributed by atoms with Gasteiger partial charge in [-0.3, -0.25) is 4.79 Å². The average molecular weight is 231 g/mol. The molecule has 0 aromatic carbocycles. The fourth-order valence-electron chi connectivity index (χ4n) is 1.93. The van der Waals surface area contributed by atoms with Crippen molar-refractivity contribution in [3.8, 4) is 0 Å². The SMILES string of the molecule is CSC1CC(=O)N(CCC(C)C)C1(C)O. The van der Waals surface area contributed by atoms with E-state index in [0.29, 0.717) is 18.9 Å². The van der Waals surface area contributed by atoms with Gasteiger partial charge in [-0.05, 0) is 25.5 Å². The Morgan fingerprint density at radius 3 is 2.67 bits per heavy atom. The van der Waals surface area contributed by atoms with Crippen LogP contribution in [0.2, 0.25) is 0 Å². The standard InChI is InChI=1S/C11H21NO2S/c1-8(2)5-6-12-10(13)7-9(15-4)11(12,3)14/h8-9,14H,5-7H2,1-4H3. The van der Waals surface area contributed by atoms with E-state index in [1.54, 1.807) is 23.6 Å². The summed E-state index contributed by atoms with van der Waals surface area (Å²) < 4.78 is 0. The lowest BCUT2D eigenvalue weighted by atomic mass is 10.1. The molecule has 0 aromatic heterocycles. The fourth-order valence-corrected chi connectivity index (χ4v) is 2.82. The minimum Gasteiger partial charge on any atom is -0.370 e. The number of hydrogen-bond acceptors (Lipinski definition) is 3. The number of hydrogen-bond donors (Lipinski definition) is 1. The number of nitrogens with zero attached hydrogens (tertiary/aromatic N) is 1. The summed E-state index contributed by atoms with van der Waals surface area (Å²) in [7, 11) is 0. The van der Waals surface area contributed by atoms with E-state index < -0.39 is 5.72 Å². The lowest BCUT2D eigenvalue weighted by Crippen LogP contribution is -2.48. The Morgan fingerprint density at radius 2 is 2.27 bits per heavy atom. The molecule has 0 spiro atoms. The largest absolute Gasteiger partial charge is 0.370 e. The summed E-state index contributed by atoms with van der Waals surface area (Å²) in [6.45, 7) is 6.67. The van der Waals surface area contributed by atoms with Crippen molar-refractivity contribution < 1.29 is 9.90 Å². The first kappa shape index (κ1) is 12.8. The van der Waals surface area contributed by atoms with Gasteiger partial charge in [-0.15, -0.1) is 0 Å². The summed E-state index contributed by atoms with van der Waals surface area (Å²) in [4.78, 5) is 13.4. The van der Waals surface area contributed by atoms with E-state index in [1.165, 1.54) is 0 Å². The number of carbonyl (C=O) groups is 1. The second kappa shape index (κ2) is 4.74. The second-order valence-electron chi connectivity index (χ2n) is 4.75. The Labute approximate surface area is 96.2 Å². The maximum absolute atomic E-state index is 11.7. The smallest absolute Gasteiger partial charge is 0.226 e. The molecule has 3 nitrogen and oxygen atoms in total. The predicted octanol–water partition coefficient (Wildman–Crippen LogP) is 1.70. The number of rotatable bonds is 4. The first-order chi connectivity index (χ1) is 6.89. The average Bonchev–Trinajstić information content (AvgIpc) is 2.33. The van der Waals surface area contributed by atoms with Gasteiger partial charge < -0.3 is 10.0 Å². The number of thioether (sulfide) groups is 1. The van der Waals surface area contributed by atoms with Gasteiger partial charge in [0.05, 0.1) is 5.25 Å². The normalized spacial score (nSPS) is 31.7. The van der Waals surface area contributed by atoms with Crippen molar-refractivity contribution in [2.45, 2.75) is 44.6 Å². The summed E-state index contributed by atoms with van der Waals surface area (Å²) in [5.41, 5.74) is -0.967. The van der Waals surface area contributed by atoms with Crippen LogP contribution in [0.25, 0.3) is 0 Å². The summed E-state index contributed by atoms with van der Waals surface area (Å²) >= 11 is 1.57. The fraction of sp³-hybridized carbons (Fsp3) is 0.909. The molecule has 88 valence electrons. The molecule has 1 N–H and O–H groups in total. The molecule has 2 unspecified atom stereocenters. The molecule has 2 atom stereocenters. The van der Waals surface area contributed by atoms with E-state index >= 15 is 0 Å². The highest BCUT2D eigenvalue weighted by atomic mass is 32.2. The van der Waals surface area contributed by atoms with Crippen molar-refractivity contribution in [2.75, 3.05) is 12.8 Å². The van der Waals surface area contributed by atoms with Crippen LogP contribution in [0.5, 0.6) is 0 Å². The molecule has 1 amide bonds. The number of likely N-dealkylation sites (tertiary alicyclic amines) is 1. The van der Waals surface area contributed by atoms with E-state index in [1.807, 2.05) is 6.26 Å². The maximum Gasteiger partial charge on any atom is 0.226 e. The van der Waals surface area contributed by atoms with Gasteiger partial charge in [0, 0.05) is 13.0 Å². The van der Waals surface area contributed by atoms with Crippen molar-refractivity contribution in [3.05, 3.63) is 0 Å². The monoisotopic (exact) mass is 231 g/mol. The minimum absolute atomic E-state index is 0.0113. The lowest BCUT2D eigenvalue weighted by molar-refractivity contribution is -0.142. The summed E-state index contributed by atoms with van der Waals surface area (Å²) in [5.74, 6) is 0.641. The number of carbonyl (C=O) groups excluding carboxylic acids is 1. The van der Waals surface area contributed by atoms with Crippen molar-refractivity contribution >= 4 is 17.7 Å². The summed E-state index contributed by atoms with van der Waals surface area (Å²) in [6.07, 6.45) is 3.35. The van der Waals surface area contributed by atoms with Gasteiger partial charge in [0.2, 0.25) is 5.91 Å². The quantitative estimate of drug-likeness (QED) is 0.800. The van der Waals surface area contributed by atoms with Crippen LogP contribution >= 0.6 is 11.8 Å². The summed E-state index contributed by atoms with van der Waals surface area (Å²) in [6, 6.07) is 0. The van der Waals surface area contributed by atoms with Gasteiger partial charge >= 0.3 is 0 Å². The van der Waals surface area contributed by atoms with Crippen LogP contribution in [0.4, 0.5) is 0 Å². The van der Waals surface area contributed by atoms with Gasteiger partial charge in [-0.1, -0.05) is 13.8 Å². The van der Waals surface area contributed by atoms with Crippen LogP contribution in [0, 0.1) is 5.92 Å². The third-order valence-electron chi connectivity index (χ3n) is 3.03. The molecular weight excluding hydrogens is 210 g/mol. The topological polar surface area (TPSA) is 40.5 Å². The van der Waals surface area contributed by atoms with Crippen molar-refractivity contribution in [1.29, 1.82) is 0 Å². The van der Waals surface area contributed by atoms with Gasteiger partial charge in [0.25, 0.3) is 0 Å². The molecule has 4 heteroatoms. The summed E-state index contributed by atoms with van der Waals surface area (Å²) in [5, 5.41) is 10.3. The second-order valence-corrected chi connectivity index (χ2v) is 5.79. The molecule has 1 rings (SSSR count). The van der Waals surface area contributed by atoms with Crippen LogP contribution < -0.4 is 0 Å². The third-order valence-corrected chi connectivity index (χ3v) is 4.21. The highest BCUT2D eigenvalue weighted by Gasteiger charge is 2.47. The molecule has 1 aliphatic heterocycles. The predicted molar refractivity (Wildman–Crippen MR) is 63.7 cm³/mol. The van der Waals surface area contributed by atoms with E-state index in [2.05, 4.69) is 13.8 Å². The molecule has 0 radical (unpaired) electrons. The molecule has 0 aromatic rings. The first-order valence-electron chi connectivity index (χ1n) is 5.45. The van der Waals surface area contributed by atoms with Crippen molar-refractivity contribution in [2.24, 2.45) is 5.92 Å². The number of aliphatic hydroxyl groups is 1. The van der Waals surface area contributed by atoms with Crippen LogP contribution in [-0.4, -0.2) is 39.7 Å². The molecule has 1 saturated heterocycles. The molecule has 0 saturated carbocycles. The molecule has 15 heavy (non-hydrogen) atoms. The van der Waals surface area contributed by atoms with Crippen LogP contribution in [0.3, 0.4) is 0 Å². The Balaban J connectivity index is 2.66. The van der Waals surface area contributed by atoms with Gasteiger partial charge in [-0.2, -0.15) is 11.8 Å². The van der Waals surface area contributed by atoms with Crippen LogP contribution in [-0.2, 0) is 4.79 Å². The number of amides is 1. The van der Waals surface area contributed by atoms with E-state index in [-0.39, 0.29) is 11.2 Å². The highest BCUT2D eigenvalue weighted by Crippen LogP contribution is 2.35. The zero-order chi connectivity index (χ0) is 11.6. The minimum atomic E-state index is -0.967. The zero-order valence-corrected chi connectivity index (χ0v) is 10.8. The molecular formula is C11H21NO2S. The molecule has 1 fully saturated rings. The van der Waals surface area contributed by atoms with Crippen LogP contribution in [0.15, 0.2) is 0 Å². The Kier molecular flexibility index (Phi) is 4.06. The molecule has 0 bridgehead atoms. The third kappa shape index (κ3) is 2.67. The molecule has 1 aliphatic rings. The molecule has 0 aliphatic carbocycles. The van der Waals surface area contributed by atoms with E-state index in [0.717, 1.165) is 6.42 Å². The van der Waals surface area contributed by atoms with Gasteiger partial charge in [0.15, 0.2) is 0 Å². The highest BCUT2D eigenvalue weighted by molar-refractivity contribution is 7.99. The van der Waals surface area contributed by atoms with Crippen molar-refractivity contribution in [3.63, 3.8) is 0 Å². The Hall–Kier alpha value is -0.220. The van der Waals surface area contributed by atoms with E-state index in [9.17, 15) is 9.90 Å².